The molecule has 0 aliphatic carbocycles. The number of nitrogens with two attached hydrogens (primary N) is 1. The summed E-state index contributed by atoms with van der Waals surface area (Å²) in [5.41, 5.74) is 13.4. The van der Waals surface area contributed by atoms with E-state index in [0.29, 0.717) is 41.5 Å². The lowest BCUT2D eigenvalue weighted by molar-refractivity contribution is 0.0524. The molecule has 0 aliphatic heterocycles. The highest BCUT2D eigenvalue weighted by Crippen LogP contribution is 2.35. The number of carbonyl (C=O) groups is 1. The minimum atomic E-state index is -0.271. The van der Waals surface area contributed by atoms with E-state index in [4.69, 9.17) is 22.1 Å². The summed E-state index contributed by atoms with van der Waals surface area (Å²) in [6, 6.07) is 1.54. The molecule has 0 saturated heterocycles. The van der Waals surface area contributed by atoms with Crippen molar-refractivity contribution in [1.29, 1.82) is 0 Å². The van der Waals surface area contributed by atoms with Crippen LogP contribution in [0.3, 0.4) is 0 Å². The summed E-state index contributed by atoms with van der Waals surface area (Å²) >= 11 is 6.14. The van der Waals surface area contributed by atoms with Gasteiger partial charge in [0.2, 0.25) is 0 Å². The molecule has 1 amide bonds. The van der Waals surface area contributed by atoms with Crippen molar-refractivity contribution in [2.75, 3.05) is 25.9 Å². The average molecular weight is 315 g/mol. The molecule has 21 heavy (non-hydrogen) atoms. The molecule has 4 N–H and O–H groups in total. The van der Waals surface area contributed by atoms with Crippen LogP contribution in [0.15, 0.2) is 6.07 Å². The fourth-order valence-electron chi connectivity index (χ4n) is 2.08. The topological polar surface area (TPSA) is 79.6 Å². The second kappa shape index (κ2) is 8.07. The number of nitrogens with zero attached hydrogens (tertiary/aromatic N) is 1. The highest BCUT2D eigenvalue weighted by Gasteiger charge is 2.24. The second-order valence-corrected chi connectivity index (χ2v) is 4.76. The third-order valence-electron chi connectivity index (χ3n) is 3.00. The van der Waals surface area contributed by atoms with Gasteiger partial charge in [-0.2, -0.15) is 0 Å². The van der Waals surface area contributed by atoms with E-state index >= 15 is 0 Å². The Balaban J connectivity index is 3.33. The van der Waals surface area contributed by atoms with Crippen molar-refractivity contribution in [2.24, 2.45) is 0 Å². The Morgan fingerprint density at radius 3 is 2.33 bits per heavy atom. The Hall–Kier alpha value is -1.50. The van der Waals surface area contributed by atoms with E-state index in [1.165, 1.54) is 12.2 Å². The van der Waals surface area contributed by atoms with Gasteiger partial charge >= 0.3 is 0 Å². The van der Waals surface area contributed by atoms with E-state index < -0.39 is 0 Å². The van der Waals surface area contributed by atoms with Crippen molar-refractivity contribution >= 4 is 23.2 Å². The standard InChI is InChI=1S/C14H23ClN4O2/c1-5-9-12(16)11(15)8-10(13(9)21-4)14(20)19(17-6-2)18-7-3/h8,17-18H,5-7,16H2,1-4H3. The van der Waals surface area contributed by atoms with E-state index in [-0.39, 0.29) is 5.91 Å². The number of benzene rings is 1. The first kappa shape index (κ1) is 17.6. The van der Waals surface area contributed by atoms with Crippen molar-refractivity contribution in [3.8, 4) is 5.75 Å². The molecule has 7 heteroatoms. The van der Waals surface area contributed by atoms with Crippen LogP contribution in [-0.4, -0.2) is 31.2 Å². The van der Waals surface area contributed by atoms with Crippen LogP contribution in [0.4, 0.5) is 5.69 Å². The summed E-state index contributed by atoms with van der Waals surface area (Å²) in [7, 11) is 1.52. The van der Waals surface area contributed by atoms with Crippen LogP contribution in [0.25, 0.3) is 0 Å². The molecule has 0 aliphatic rings. The lowest BCUT2D eigenvalue weighted by atomic mass is 10.0. The minimum absolute atomic E-state index is 0.271. The molecular weight excluding hydrogens is 292 g/mol. The maximum atomic E-state index is 12.7. The molecule has 1 aromatic carbocycles. The maximum Gasteiger partial charge on any atom is 0.286 e. The van der Waals surface area contributed by atoms with Gasteiger partial charge in [0.1, 0.15) is 5.75 Å². The zero-order valence-electron chi connectivity index (χ0n) is 12.9. The third-order valence-corrected chi connectivity index (χ3v) is 3.31. The van der Waals surface area contributed by atoms with Crippen molar-refractivity contribution in [2.45, 2.75) is 27.2 Å². The summed E-state index contributed by atoms with van der Waals surface area (Å²) in [5.74, 6) is 0.192. The van der Waals surface area contributed by atoms with Crippen LogP contribution < -0.4 is 21.3 Å². The van der Waals surface area contributed by atoms with Crippen LogP contribution in [0.5, 0.6) is 5.75 Å². The summed E-state index contributed by atoms with van der Waals surface area (Å²) in [5, 5.41) is 1.69. The number of hydrazine groups is 2. The summed E-state index contributed by atoms with van der Waals surface area (Å²) in [6.45, 7) is 6.95. The quantitative estimate of drug-likeness (QED) is 0.530. The number of ether oxygens (including phenoxy) is 1. The molecule has 0 spiro atoms. The van der Waals surface area contributed by atoms with Gasteiger partial charge in [0.15, 0.2) is 0 Å². The zero-order valence-corrected chi connectivity index (χ0v) is 13.7. The lowest BCUT2D eigenvalue weighted by Gasteiger charge is -2.24. The molecule has 0 radical (unpaired) electrons. The van der Waals surface area contributed by atoms with Crippen molar-refractivity contribution in [3.63, 3.8) is 0 Å². The fraction of sp³-hybridized carbons (Fsp3) is 0.500. The molecule has 0 aromatic heterocycles. The van der Waals surface area contributed by atoms with Crippen LogP contribution in [0.1, 0.15) is 36.7 Å². The highest BCUT2D eigenvalue weighted by atomic mass is 35.5. The van der Waals surface area contributed by atoms with Crippen molar-refractivity contribution in [1.82, 2.24) is 16.0 Å². The number of nitrogens with one attached hydrogen (secondary N) is 2. The summed E-state index contributed by atoms with van der Waals surface area (Å²) in [6.07, 6.45) is 0.623. The molecule has 0 atom stereocenters. The first-order chi connectivity index (χ1) is 10.0. The first-order valence-electron chi connectivity index (χ1n) is 6.97. The summed E-state index contributed by atoms with van der Waals surface area (Å²) in [4.78, 5) is 12.7. The lowest BCUT2D eigenvalue weighted by Crippen LogP contribution is -2.51. The SMILES string of the molecule is CCNN(NCC)C(=O)c1cc(Cl)c(N)c(CC)c1OC. The van der Waals surface area contributed by atoms with Crippen molar-refractivity contribution < 1.29 is 9.53 Å². The second-order valence-electron chi connectivity index (χ2n) is 4.35. The molecule has 0 heterocycles. The summed E-state index contributed by atoms with van der Waals surface area (Å²) < 4.78 is 5.39. The van der Waals surface area contributed by atoms with Gasteiger partial charge < -0.3 is 10.5 Å². The van der Waals surface area contributed by atoms with E-state index in [9.17, 15) is 4.79 Å². The predicted octanol–water partition coefficient (Wildman–Crippen LogP) is 1.98. The zero-order chi connectivity index (χ0) is 16.0. The Morgan fingerprint density at radius 2 is 1.90 bits per heavy atom. The Kier molecular flexibility index (Phi) is 6.74. The molecule has 0 unspecified atom stereocenters. The molecule has 1 rings (SSSR count). The number of hydrogen-bond acceptors (Lipinski definition) is 5. The average Bonchev–Trinajstić information content (AvgIpc) is 2.48. The largest absolute Gasteiger partial charge is 0.496 e. The predicted molar refractivity (Wildman–Crippen MR) is 85.3 cm³/mol. The molecule has 0 fully saturated rings. The van der Waals surface area contributed by atoms with Crippen molar-refractivity contribution in [3.05, 3.63) is 22.2 Å². The van der Waals surface area contributed by atoms with Gasteiger partial charge in [-0.25, -0.2) is 16.0 Å². The van der Waals surface area contributed by atoms with Gasteiger partial charge in [0, 0.05) is 18.7 Å². The molecule has 0 bridgehead atoms. The van der Waals surface area contributed by atoms with E-state index in [0.717, 1.165) is 5.56 Å². The number of carbonyl (C=O) groups excluding carboxylic acids is 1. The minimum Gasteiger partial charge on any atom is -0.496 e. The van der Waals surface area contributed by atoms with Crippen LogP contribution in [0, 0.1) is 0 Å². The van der Waals surface area contributed by atoms with Gasteiger partial charge in [-0.3, -0.25) is 4.79 Å². The Morgan fingerprint density at radius 1 is 1.33 bits per heavy atom. The Bertz CT molecular complexity index is 502. The van der Waals surface area contributed by atoms with Gasteiger partial charge in [-0.1, -0.05) is 32.4 Å². The highest BCUT2D eigenvalue weighted by molar-refractivity contribution is 6.33. The number of nitrogen functional groups attached to an aromatic ring is 1. The van der Waals surface area contributed by atoms with E-state index in [2.05, 4.69) is 10.9 Å². The Labute approximate surface area is 130 Å². The number of anilines is 1. The third kappa shape index (κ3) is 3.78. The van der Waals surface area contributed by atoms with Gasteiger partial charge in [0.25, 0.3) is 5.91 Å². The molecular formula is C14H23ClN4O2. The van der Waals surface area contributed by atoms with E-state index in [1.807, 2.05) is 20.8 Å². The molecule has 0 saturated carbocycles. The van der Waals surface area contributed by atoms with Gasteiger partial charge in [0.05, 0.1) is 23.4 Å². The van der Waals surface area contributed by atoms with Gasteiger partial charge in [-0.15, -0.1) is 0 Å². The molecule has 6 nitrogen and oxygen atoms in total. The maximum absolute atomic E-state index is 12.7. The molecule has 118 valence electrons. The van der Waals surface area contributed by atoms with Gasteiger partial charge in [-0.05, 0) is 12.5 Å². The smallest absolute Gasteiger partial charge is 0.286 e. The number of hydrogen-bond donors (Lipinski definition) is 3. The number of methoxy groups -OCH3 is 1. The van der Waals surface area contributed by atoms with Crippen LogP contribution in [0.2, 0.25) is 5.02 Å². The first-order valence-corrected chi connectivity index (χ1v) is 7.35. The molecule has 1 aromatic rings. The van der Waals surface area contributed by atoms with E-state index in [1.54, 1.807) is 6.07 Å². The number of halogens is 1. The van der Waals surface area contributed by atoms with Crippen LogP contribution >= 0.6 is 11.6 Å². The monoisotopic (exact) mass is 314 g/mol. The number of rotatable bonds is 7. The number of amides is 1. The fourth-order valence-corrected chi connectivity index (χ4v) is 2.30. The normalized spacial score (nSPS) is 10.5. The van der Waals surface area contributed by atoms with Crippen LogP contribution in [-0.2, 0) is 6.42 Å².